The van der Waals surface area contributed by atoms with Gasteiger partial charge in [-0.2, -0.15) is 4.31 Å². The summed E-state index contributed by atoms with van der Waals surface area (Å²) < 4.78 is 67.2. The molecular weight excluding hydrogens is 447 g/mol. The van der Waals surface area contributed by atoms with Crippen LogP contribution in [0.4, 0.5) is 18.0 Å². The number of hydrogen-bond acceptors (Lipinski definition) is 4. The van der Waals surface area contributed by atoms with Crippen LogP contribution in [0.15, 0.2) is 59.5 Å². The normalized spacial score (nSPS) is 14.9. The van der Waals surface area contributed by atoms with Gasteiger partial charge in [0.1, 0.15) is 5.75 Å². The number of ether oxygens (including phenoxy) is 1. The third-order valence-electron chi connectivity index (χ3n) is 4.56. The van der Waals surface area contributed by atoms with Gasteiger partial charge in [0.05, 0.1) is 11.4 Å². The SMILES string of the molecule is O=C(NCC#Cc1ccccc1)N1CCN(S(=O)(=O)c2ccc(OC(F)(F)F)cc2)CC1. The largest absolute Gasteiger partial charge is 0.573 e. The molecule has 1 aliphatic heterocycles. The molecule has 11 heteroatoms. The molecule has 170 valence electrons. The standard InChI is InChI=1S/C21H20F3N3O4S/c22-21(23,24)31-18-8-10-19(11-9-18)32(29,30)27-15-13-26(14-16-27)20(28)25-12-4-7-17-5-2-1-3-6-17/h1-3,5-6,8-11H,12-16H2,(H,25,28). The molecule has 0 unspecified atom stereocenters. The summed E-state index contributed by atoms with van der Waals surface area (Å²) in [6, 6.07) is 13.0. The Labute approximate surface area is 183 Å². The highest BCUT2D eigenvalue weighted by Gasteiger charge is 2.32. The van der Waals surface area contributed by atoms with E-state index < -0.39 is 22.1 Å². The van der Waals surface area contributed by atoms with Crippen molar-refractivity contribution >= 4 is 16.1 Å². The third kappa shape index (κ3) is 6.38. The van der Waals surface area contributed by atoms with E-state index in [-0.39, 0.29) is 43.7 Å². The first kappa shape index (κ1) is 23.4. The van der Waals surface area contributed by atoms with E-state index in [9.17, 15) is 26.4 Å². The molecule has 0 aromatic heterocycles. The Morgan fingerprint density at radius 1 is 1.00 bits per heavy atom. The Kier molecular flexibility index (Phi) is 7.27. The molecule has 32 heavy (non-hydrogen) atoms. The number of piperazine rings is 1. The highest BCUT2D eigenvalue weighted by Crippen LogP contribution is 2.25. The average Bonchev–Trinajstić information content (AvgIpc) is 2.76. The minimum atomic E-state index is -4.86. The topological polar surface area (TPSA) is 79.0 Å². The van der Waals surface area contributed by atoms with Crippen molar-refractivity contribution in [1.29, 1.82) is 0 Å². The highest BCUT2D eigenvalue weighted by molar-refractivity contribution is 7.89. The van der Waals surface area contributed by atoms with Crippen LogP contribution in [0.5, 0.6) is 5.75 Å². The number of carbonyl (C=O) groups excluding carboxylic acids is 1. The van der Waals surface area contributed by atoms with Crippen LogP contribution in [-0.2, 0) is 10.0 Å². The first-order chi connectivity index (χ1) is 15.1. The number of amides is 2. The highest BCUT2D eigenvalue weighted by atomic mass is 32.2. The molecule has 0 saturated carbocycles. The van der Waals surface area contributed by atoms with E-state index in [1.165, 1.54) is 9.21 Å². The lowest BCUT2D eigenvalue weighted by molar-refractivity contribution is -0.274. The van der Waals surface area contributed by atoms with Crippen LogP contribution in [-0.4, -0.2) is 62.7 Å². The Morgan fingerprint density at radius 2 is 1.62 bits per heavy atom. The minimum absolute atomic E-state index is 0.0618. The van der Waals surface area contributed by atoms with Crippen LogP contribution < -0.4 is 10.1 Å². The maximum Gasteiger partial charge on any atom is 0.573 e. The zero-order valence-corrected chi connectivity index (χ0v) is 17.6. The summed E-state index contributed by atoms with van der Waals surface area (Å²) >= 11 is 0. The number of nitrogens with zero attached hydrogens (tertiary/aromatic N) is 2. The molecule has 1 aliphatic rings. The molecule has 3 rings (SSSR count). The van der Waals surface area contributed by atoms with E-state index in [2.05, 4.69) is 21.9 Å². The minimum Gasteiger partial charge on any atom is -0.406 e. The van der Waals surface area contributed by atoms with Gasteiger partial charge in [-0.15, -0.1) is 13.2 Å². The number of alkyl halides is 3. The van der Waals surface area contributed by atoms with Crippen molar-refractivity contribution in [2.75, 3.05) is 32.7 Å². The number of nitrogens with one attached hydrogen (secondary N) is 1. The van der Waals surface area contributed by atoms with Crippen molar-refractivity contribution in [3.63, 3.8) is 0 Å². The molecule has 2 aromatic rings. The van der Waals surface area contributed by atoms with Gasteiger partial charge in [0, 0.05) is 31.7 Å². The molecule has 0 radical (unpaired) electrons. The zero-order chi connectivity index (χ0) is 23.2. The fraction of sp³-hybridized carbons (Fsp3) is 0.286. The molecule has 0 atom stereocenters. The Morgan fingerprint density at radius 3 is 2.22 bits per heavy atom. The first-order valence-electron chi connectivity index (χ1n) is 9.58. The molecule has 2 amide bonds. The van der Waals surface area contributed by atoms with Gasteiger partial charge in [0.25, 0.3) is 0 Å². The first-order valence-corrected chi connectivity index (χ1v) is 11.0. The summed E-state index contributed by atoms with van der Waals surface area (Å²) in [4.78, 5) is 13.6. The van der Waals surface area contributed by atoms with Crippen LogP contribution >= 0.6 is 0 Å². The molecule has 7 nitrogen and oxygen atoms in total. The lowest BCUT2D eigenvalue weighted by atomic mass is 10.2. The number of hydrogen-bond donors (Lipinski definition) is 1. The molecule has 2 aromatic carbocycles. The van der Waals surface area contributed by atoms with E-state index in [1.54, 1.807) is 0 Å². The van der Waals surface area contributed by atoms with Crippen LogP contribution in [0.1, 0.15) is 5.56 Å². The number of sulfonamides is 1. The second-order valence-corrected chi connectivity index (χ2v) is 8.67. The van der Waals surface area contributed by atoms with Crippen molar-refractivity contribution in [1.82, 2.24) is 14.5 Å². The van der Waals surface area contributed by atoms with Crippen LogP contribution in [0.2, 0.25) is 0 Å². The van der Waals surface area contributed by atoms with Gasteiger partial charge in [-0.1, -0.05) is 30.0 Å². The van der Waals surface area contributed by atoms with Gasteiger partial charge >= 0.3 is 12.4 Å². The summed E-state index contributed by atoms with van der Waals surface area (Å²) in [7, 11) is -3.91. The van der Waals surface area contributed by atoms with Crippen LogP contribution in [0.3, 0.4) is 0 Å². The van der Waals surface area contributed by atoms with Gasteiger partial charge in [-0.3, -0.25) is 0 Å². The van der Waals surface area contributed by atoms with Crippen molar-refractivity contribution < 1.29 is 31.1 Å². The van der Waals surface area contributed by atoms with Crippen LogP contribution in [0, 0.1) is 11.8 Å². The van der Waals surface area contributed by atoms with Crippen molar-refractivity contribution in [2.45, 2.75) is 11.3 Å². The van der Waals surface area contributed by atoms with Crippen molar-refractivity contribution in [3.05, 3.63) is 60.2 Å². The Hall–Kier alpha value is -3.23. The maximum absolute atomic E-state index is 12.7. The fourth-order valence-corrected chi connectivity index (χ4v) is 4.42. The smallest absolute Gasteiger partial charge is 0.406 e. The lowest BCUT2D eigenvalue weighted by Gasteiger charge is -2.33. The molecule has 1 fully saturated rings. The van der Waals surface area contributed by atoms with E-state index in [4.69, 9.17) is 0 Å². The molecule has 1 N–H and O–H groups in total. The third-order valence-corrected chi connectivity index (χ3v) is 6.47. The monoisotopic (exact) mass is 467 g/mol. The molecular formula is C21H20F3N3O4S. The molecule has 1 saturated heterocycles. The van der Waals surface area contributed by atoms with Crippen molar-refractivity contribution in [3.8, 4) is 17.6 Å². The van der Waals surface area contributed by atoms with E-state index in [0.29, 0.717) is 0 Å². The fourth-order valence-electron chi connectivity index (χ4n) is 2.99. The average molecular weight is 467 g/mol. The summed E-state index contributed by atoms with van der Waals surface area (Å²) in [6.45, 7) is 0.621. The summed E-state index contributed by atoms with van der Waals surface area (Å²) in [5, 5.41) is 2.67. The van der Waals surface area contributed by atoms with Gasteiger partial charge in [0.15, 0.2) is 0 Å². The number of benzene rings is 2. The lowest BCUT2D eigenvalue weighted by Crippen LogP contribution is -2.53. The Bertz CT molecular complexity index is 1090. The molecule has 1 heterocycles. The van der Waals surface area contributed by atoms with E-state index >= 15 is 0 Å². The summed E-state index contributed by atoms with van der Waals surface area (Å²) in [5.74, 6) is 5.27. The summed E-state index contributed by atoms with van der Waals surface area (Å²) in [6.07, 6.45) is -4.86. The van der Waals surface area contributed by atoms with Gasteiger partial charge < -0.3 is 15.0 Å². The number of carbonyl (C=O) groups is 1. The predicted octanol–water partition coefficient (Wildman–Crippen LogP) is 2.65. The van der Waals surface area contributed by atoms with Crippen molar-refractivity contribution in [2.24, 2.45) is 0 Å². The number of halogens is 3. The van der Waals surface area contributed by atoms with E-state index in [1.807, 2.05) is 30.3 Å². The predicted molar refractivity (Wildman–Crippen MR) is 110 cm³/mol. The zero-order valence-electron chi connectivity index (χ0n) is 16.8. The molecule has 0 spiro atoms. The summed E-state index contributed by atoms with van der Waals surface area (Å²) in [5.41, 5.74) is 0.832. The quantitative estimate of drug-likeness (QED) is 0.702. The van der Waals surface area contributed by atoms with E-state index in [0.717, 1.165) is 29.8 Å². The number of urea groups is 1. The van der Waals surface area contributed by atoms with Gasteiger partial charge in [0.2, 0.25) is 10.0 Å². The van der Waals surface area contributed by atoms with Gasteiger partial charge in [-0.05, 0) is 36.4 Å². The second-order valence-electron chi connectivity index (χ2n) is 6.74. The molecule has 0 bridgehead atoms. The Balaban J connectivity index is 1.51. The van der Waals surface area contributed by atoms with Gasteiger partial charge in [-0.25, -0.2) is 13.2 Å². The van der Waals surface area contributed by atoms with Crippen LogP contribution in [0.25, 0.3) is 0 Å². The number of rotatable bonds is 4. The molecule has 0 aliphatic carbocycles. The maximum atomic E-state index is 12.7. The second kappa shape index (κ2) is 9.93.